The van der Waals surface area contributed by atoms with Gasteiger partial charge in [-0.15, -0.1) is 0 Å². The number of pyridine rings is 1. The number of hydrogen-bond donors (Lipinski definition) is 1. The Morgan fingerprint density at radius 2 is 1.89 bits per heavy atom. The summed E-state index contributed by atoms with van der Waals surface area (Å²) < 4.78 is 0. The molecule has 2 rings (SSSR count). The van der Waals surface area contributed by atoms with Crippen LogP contribution in [0.15, 0.2) is 41.6 Å². The van der Waals surface area contributed by atoms with Gasteiger partial charge in [-0.2, -0.15) is 5.10 Å². The number of halogens is 3. The molecule has 1 heterocycles. The molecule has 0 bridgehead atoms. The van der Waals surface area contributed by atoms with Gasteiger partial charge in [0.2, 0.25) is 0 Å². The molecule has 1 N–H and O–H groups in total. The summed E-state index contributed by atoms with van der Waals surface area (Å²) in [5.41, 5.74) is 4.26. The molecular weight excluding hydrogens is 305 g/mol. The predicted molar refractivity (Wildman–Crippen MR) is 81.5 cm³/mol. The Morgan fingerprint density at radius 1 is 1.11 bits per heavy atom. The molecule has 0 unspecified atom stereocenters. The van der Waals surface area contributed by atoms with Crippen LogP contribution in [0.25, 0.3) is 0 Å². The van der Waals surface area contributed by atoms with E-state index in [1.807, 2.05) is 25.1 Å². The maximum Gasteiger partial charge on any atom is 0.146 e. The largest absolute Gasteiger partial charge is 0.261 e. The molecule has 0 aliphatic heterocycles. The van der Waals surface area contributed by atoms with Crippen molar-refractivity contribution in [3.8, 4) is 0 Å². The molecule has 0 aliphatic rings. The Hall–Kier alpha value is -1.29. The Kier molecular flexibility index (Phi) is 4.64. The van der Waals surface area contributed by atoms with Crippen molar-refractivity contribution in [2.45, 2.75) is 6.92 Å². The number of benzene rings is 1. The SMILES string of the molecule is CC(=NNc1ccccn1)c1ccc(Cl)c(Cl)c1Cl. The monoisotopic (exact) mass is 313 g/mol. The van der Waals surface area contributed by atoms with Gasteiger partial charge in [-0.05, 0) is 25.1 Å². The normalized spacial score (nSPS) is 11.5. The van der Waals surface area contributed by atoms with Crippen molar-refractivity contribution in [2.75, 3.05) is 5.43 Å². The molecule has 0 saturated carbocycles. The molecule has 0 fully saturated rings. The van der Waals surface area contributed by atoms with Gasteiger partial charge in [0, 0.05) is 11.8 Å². The van der Waals surface area contributed by atoms with Gasteiger partial charge < -0.3 is 0 Å². The zero-order valence-corrected chi connectivity index (χ0v) is 12.3. The van der Waals surface area contributed by atoms with Crippen LogP contribution < -0.4 is 5.43 Å². The maximum atomic E-state index is 6.13. The van der Waals surface area contributed by atoms with Crippen molar-refractivity contribution < 1.29 is 0 Å². The first-order chi connectivity index (χ1) is 9.09. The fourth-order valence-corrected chi connectivity index (χ4v) is 2.11. The number of rotatable bonds is 3. The third-order valence-corrected chi connectivity index (χ3v) is 3.72. The summed E-state index contributed by atoms with van der Waals surface area (Å²) in [5, 5.41) is 5.35. The fourth-order valence-electron chi connectivity index (χ4n) is 1.44. The molecule has 0 amide bonds. The topological polar surface area (TPSA) is 37.3 Å². The van der Waals surface area contributed by atoms with E-state index in [9.17, 15) is 0 Å². The van der Waals surface area contributed by atoms with E-state index in [1.165, 1.54) is 0 Å². The van der Waals surface area contributed by atoms with Gasteiger partial charge in [0.15, 0.2) is 0 Å². The number of aromatic nitrogens is 1. The molecule has 0 aliphatic carbocycles. The number of anilines is 1. The Labute approximate surface area is 126 Å². The second-order valence-electron chi connectivity index (χ2n) is 3.75. The van der Waals surface area contributed by atoms with E-state index in [0.717, 1.165) is 5.56 Å². The Morgan fingerprint density at radius 3 is 2.58 bits per heavy atom. The Balaban J connectivity index is 2.25. The van der Waals surface area contributed by atoms with Crippen LogP contribution in [0.1, 0.15) is 12.5 Å². The quantitative estimate of drug-likeness (QED) is 0.498. The average molecular weight is 315 g/mol. The van der Waals surface area contributed by atoms with E-state index in [0.29, 0.717) is 26.6 Å². The second-order valence-corrected chi connectivity index (χ2v) is 4.91. The van der Waals surface area contributed by atoms with Crippen LogP contribution in [-0.4, -0.2) is 10.7 Å². The lowest BCUT2D eigenvalue weighted by atomic mass is 10.1. The molecule has 3 nitrogen and oxygen atoms in total. The molecule has 6 heteroatoms. The fraction of sp³-hybridized carbons (Fsp3) is 0.0769. The van der Waals surface area contributed by atoms with Gasteiger partial charge in [-0.3, -0.25) is 5.43 Å². The van der Waals surface area contributed by atoms with Crippen LogP contribution in [0.5, 0.6) is 0 Å². The van der Waals surface area contributed by atoms with Gasteiger partial charge in [-0.25, -0.2) is 4.98 Å². The van der Waals surface area contributed by atoms with Gasteiger partial charge in [0.1, 0.15) is 5.82 Å². The van der Waals surface area contributed by atoms with E-state index in [4.69, 9.17) is 34.8 Å². The summed E-state index contributed by atoms with van der Waals surface area (Å²) >= 11 is 18.0. The molecule has 0 atom stereocenters. The summed E-state index contributed by atoms with van der Waals surface area (Å²) in [6.07, 6.45) is 1.68. The van der Waals surface area contributed by atoms with Gasteiger partial charge in [0.25, 0.3) is 0 Å². The molecule has 0 radical (unpaired) electrons. The lowest BCUT2D eigenvalue weighted by Crippen LogP contribution is -2.01. The highest BCUT2D eigenvalue weighted by atomic mass is 35.5. The van der Waals surface area contributed by atoms with Crippen LogP contribution in [0, 0.1) is 0 Å². The van der Waals surface area contributed by atoms with Gasteiger partial charge in [-0.1, -0.05) is 46.9 Å². The van der Waals surface area contributed by atoms with Crippen LogP contribution in [-0.2, 0) is 0 Å². The third-order valence-electron chi connectivity index (χ3n) is 2.43. The summed E-state index contributed by atoms with van der Waals surface area (Å²) in [5.74, 6) is 0.651. The number of nitrogens with zero attached hydrogens (tertiary/aromatic N) is 2. The average Bonchev–Trinajstić information content (AvgIpc) is 2.43. The van der Waals surface area contributed by atoms with Crippen LogP contribution in [0.2, 0.25) is 15.1 Å². The highest BCUT2D eigenvalue weighted by Crippen LogP contribution is 2.32. The van der Waals surface area contributed by atoms with Crippen molar-refractivity contribution in [1.82, 2.24) is 4.98 Å². The molecule has 0 saturated heterocycles. The first-order valence-corrected chi connectivity index (χ1v) is 6.58. The molecule has 1 aromatic carbocycles. The van der Waals surface area contributed by atoms with Crippen LogP contribution >= 0.6 is 34.8 Å². The molecule has 98 valence electrons. The van der Waals surface area contributed by atoms with Crippen molar-refractivity contribution >= 4 is 46.3 Å². The van der Waals surface area contributed by atoms with Crippen molar-refractivity contribution in [2.24, 2.45) is 5.10 Å². The van der Waals surface area contributed by atoms with E-state index < -0.39 is 0 Å². The zero-order valence-electron chi connectivity index (χ0n) is 9.99. The molecule has 2 aromatic rings. The minimum absolute atomic E-state index is 0.327. The van der Waals surface area contributed by atoms with Crippen molar-refractivity contribution in [1.29, 1.82) is 0 Å². The van der Waals surface area contributed by atoms with Gasteiger partial charge >= 0.3 is 0 Å². The first-order valence-electron chi connectivity index (χ1n) is 5.45. The minimum atomic E-state index is 0.327. The zero-order chi connectivity index (χ0) is 13.8. The molecule has 19 heavy (non-hydrogen) atoms. The third kappa shape index (κ3) is 3.38. The number of nitrogens with one attached hydrogen (secondary N) is 1. The number of hydrazone groups is 1. The highest BCUT2D eigenvalue weighted by Gasteiger charge is 2.10. The standard InChI is InChI=1S/C13H10Cl3N3/c1-8(18-19-11-4-2-3-7-17-11)9-5-6-10(14)13(16)12(9)15/h2-7H,1H3,(H,17,19). The van der Waals surface area contributed by atoms with E-state index in [-0.39, 0.29) is 0 Å². The first kappa shape index (κ1) is 14.1. The highest BCUT2D eigenvalue weighted by molar-refractivity contribution is 6.49. The minimum Gasteiger partial charge on any atom is -0.261 e. The van der Waals surface area contributed by atoms with E-state index in [1.54, 1.807) is 18.3 Å². The van der Waals surface area contributed by atoms with Crippen molar-refractivity contribution in [3.05, 3.63) is 57.2 Å². The van der Waals surface area contributed by atoms with E-state index in [2.05, 4.69) is 15.5 Å². The number of hydrogen-bond acceptors (Lipinski definition) is 3. The molecule has 0 spiro atoms. The molecular formula is C13H10Cl3N3. The van der Waals surface area contributed by atoms with E-state index >= 15 is 0 Å². The summed E-state index contributed by atoms with van der Waals surface area (Å²) in [7, 11) is 0. The smallest absolute Gasteiger partial charge is 0.146 e. The lowest BCUT2D eigenvalue weighted by Gasteiger charge is -2.07. The summed E-state index contributed by atoms with van der Waals surface area (Å²) in [6, 6.07) is 8.97. The van der Waals surface area contributed by atoms with Crippen LogP contribution in [0.3, 0.4) is 0 Å². The summed E-state index contributed by atoms with van der Waals surface area (Å²) in [6.45, 7) is 1.82. The van der Waals surface area contributed by atoms with Crippen LogP contribution in [0.4, 0.5) is 5.82 Å². The van der Waals surface area contributed by atoms with Crippen molar-refractivity contribution in [3.63, 3.8) is 0 Å². The predicted octanol–water partition coefficient (Wildman–Crippen LogP) is 4.88. The molecule has 1 aromatic heterocycles. The lowest BCUT2D eigenvalue weighted by molar-refractivity contribution is 1.22. The second kappa shape index (κ2) is 6.24. The Bertz CT molecular complexity index is 612. The van der Waals surface area contributed by atoms with Gasteiger partial charge in [0.05, 0.1) is 20.8 Å². The maximum absolute atomic E-state index is 6.13. The summed E-state index contributed by atoms with van der Waals surface area (Å²) in [4.78, 5) is 4.10.